The number of nitrogens with one attached hydrogen (secondary N) is 1. The Morgan fingerprint density at radius 1 is 1.09 bits per heavy atom. The second-order valence-electron chi connectivity index (χ2n) is 7.39. The zero-order valence-corrected chi connectivity index (χ0v) is 18.0. The van der Waals surface area contributed by atoms with Crippen molar-refractivity contribution < 1.29 is 23.8 Å². The molecule has 168 valence electrons. The number of amides is 1. The number of anilines is 1. The number of carboxylic acids is 1. The van der Waals surface area contributed by atoms with Crippen LogP contribution < -0.4 is 10.2 Å². The molecule has 0 saturated heterocycles. The molecule has 0 fully saturated rings. The molecule has 33 heavy (non-hydrogen) atoms. The van der Waals surface area contributed by atoms with Gasteiger partial charge in [0.15, 0.2) is 5.58 Å². The van der Waals surface area contributed by atoms with Crippen molar-refractivity contribution in [2.75, 3.05) is 19.1 Å². The van der Waals surface area contributed by atoms with Gasteiger partial charge in [0.1, 0.15) is 11.3 Å². The fraction of sp³-hybridized carbons (Fsp3) is 0.160. The predicted molar refractivity (Wildman–Crippen MR) is 125 cm³/mol. The fourth-order valence-corrected chi connectivity index (χ4v) is 3.48. The molecular formula is C25H23N3O5. The maximum atomic E-state index is 11.5. The van der Waals surface area contributed by atoms with Gasteiger partial charge in [0.2, 0.25) is 12.3 Å². The van der Waals surface area contributed by atoms with Crippen LogP contribution in [0.15, 0.2) is 71.1 Å². The number of rotatable bonds is 10. The van der Waals surface area contributed by atoms with Gasteiger partial charge >= 0.3 is 5.97 Å². The number of carbonyl (C=O) groups excluding carboxylic acids is 1. The fourth-order valence-electron chi connectivity index (χ4n) is 3.48. The molecule has 8 nitrogen and oxygen atoms in total. The minimum absolute atomic E-state index is 0.0307. The summed E-state index contributed by atoms with van der Waals surface area (Å²) in [4.78, 5) is 26.8. The Labute approximate surface area is 190 Å². The van der Waals surface area contributed by atoms with Gasteiger partial charge in [0, 0.05) is 18.5 Å². The topological polar surface area (TPSA) is 105 Å². The first kappa shape index (κ1) is 21.9. The number of nitrogens with zero attached hydrogens (tertiary/aromatic N) is 2. The van der Waals surface area contributed by atoms with Gasteiger partial charge < -0.3 is 14.3 Å². The van der Waals surface area contributed by atoms with Crippen molar-refractivity contribution in [2.45, 2.75) is 12.8 Å². The van der Waals surface area contributed by atoms with Crippen LogP contribution in [0.2, 0.25) is 0 Å². The maximum absolute atomic E-state index is 11.5. The van der Waals surface area contributed by atoms with Crippen LogP contribution in [0.3, 0.4) is 0 Å². The first-order valence-corrected chi connectivity index (χ1v) is 10.4. The highest BCUT2D eigenvalue weighted by molar-refractivity contribution is 5.83. The van der Waals surface area contributed by atoms with Gasteiger partial charge in [0.05, 0.1) is 12.8 Å². The Balaban J connectivity index is 1.60. The molecule has 0 spiro atoms. The first-order valence-electron chi connectivity index (χ1n) is 10.4. The van der Waals surface area contributed by atoms with E-state index >= 15 is 0 Å². The Kier molecular flexibility index (Phi) is 6.54. The van der Waals surface area contributed by atoms with E-state index in [9.17, 15) is 9.59 Å². The first-order chi connectivity index (χ1) is 16.1. The van der Waals surface area contributed by atoms with Crippen molar-refractivity contribution in [2.24, 2.45) is 0 Å². The smallest absolute Gasteiger partial charge is 0.303 e. The number of hydrazine groups is 1. The highest BCUT2D eigenvalue weighted by atomic mass is 16.5. The molecule has 4 rings (SSSR count). The Morgan fingerprint density at radius 3 is 2.61 bits per heavy atom. The van der Waals surface area contributed by atoms with Crippen molar-refractivity contribution in [3.63, 3.8) is 0 Å². The highest BCUT2D eigenvalue weighted by Crippen LogP contribution is 2.33. The van der Waals surface area contributed by atoms with E-state index in [4.69, 9.17) is 14.3 Å². The van der Waals surface area contributed by atoms with Crippen LogP contribution >= 0.6 is 0 Å². The second-order valence-corrected chi connectivity index (χ2v) is 7.39. The van der Waals surface area contributed by atoms with Gasteiger partial charge in [0.25, 0.3) is 0 Å². The SMILES string of the molecule is COc1ccc(-c2nc3cc(-c4ccccc4)ccc3o2)cc1NN(C=O)CCCC(=O)O. The molecule has 4 aromatic rings. The summed E-state index contributed by atoms with van der Waals surface area (Å²) in [6.07, 6.45) is 0.896. The number of hydrogen-bond acceptors (Lipinski definition) is 6. The zero-order valence-electron chi connectivity index (χ0n) is 18.0. The molecule has 1 amide bonds. The van der Waals surface area contributed by atoms with Gasteiger partial charge in [-0.15, -0.1) is 0 Å². The van der Waals surface area contributed by atoms with Crippen LogP contribution in [0.4, 0.5) is 5.69 Å². The van der Waals surface area contributed by atoms with E-state index in [0.29, 0.717) is 41.3 Å². The number of hydrogen-bond donors (Lipinski definition) is 2. The third-order valence-electron chi connectivity index (χ3n) is 5.12. The summed E-state index contributed by atoms with van der Waals surface area (Å²) in [5.74, 6) is 0.0440. The Hall–Kier alpha value is -4.33. The van der Waals surface area contributed by atoms with Gasteiger partial charge in [-0.25, -0.2) is 4.98 Å². The average molecular weight is 445 g/mol. The molecule has 0 unspecified atom stereocenters. The molecular weight excluding hydrogens is 422 g/mol. The normalized spacial score (nSPS) is 10.7. The zero-order chi connectivity index (χ0) is 23.2. The summed E-state index contributed by atoms with van der Waals surface area (Å²) in [7, 11) is 1.53. The van der Waals surface area contributed by atoms with E-state index < -0.39 is 5.97 Å². The van der Waals surface area contributed by atoms with Gasteiger partial charge in [-0.3, -0.25) is 20.0 Å². The Morgan fingerprint density at radius 2 is 1.88 bits per heavy atom. The number of carbonyl (C=O) groups is 2. The van der Waals surface area contributed by atoms with Crippen molar-refractivity contribution in [3.05, 3.63) is 66.7 Å². The van der Waals surface area contributed by atoms with Crippen LogP contribution in [0.25, 0.3) is 33.7 Å². The number of methoxy groups -OCH3 is 1. The molecule has 0 aliphatic carbocycles. The molecule has 0 aliphatic rings. The lowest BCUT2D eigenvalue weighted by Crippen LogP contribution is -2.30. The van der Waals surface area contributed by atoms with Gasteiger partial charge in [-0.1, -0.05) is 36.4 Å². The van der Waals surface area contributed by atoms with Gasteiger partial charge in [-0.2, -0.15) is 0 Å². The number of oxazole rings is 1. The van der Waals surface area contributed by atoms with Crippen molar-refractivity contribution in [1.82, 2.24) is 9.99 Å². The number of carboxylic acid groups (broad SMARTS) is 1. The molecule has 3 aromatic carbocycles. The van der Waals surface area contributed by atoms with E-state index in [1.807, 2.05) is 54.6 Å². The van der Waals surface area contributed by atoms with E-state index in [0.717, 1.165) is 16.6 Å². The van der Waals surface area contributed by atoms with E-state index in [2.05, 4.69) is 10.4 Å². The predicted octanol–water partition coefficient (Wildman–Crippen LogP) is 4.82. The molecule has 0 saturated carbocycles. The molecule has 0 atom stereocenters. The Bertz CT molecular complexity index is 1270. The second kappa shape index (κ2) is 9.86. The summed E-state index contributed by atoms with van der Waals surface area (Å²) in [6, 6.07) is 21.3. The number of aromatic nitrogens is 1. The lowest BCUT2D eigenvalue weighted by Gasteiger charge is -2.21. The average Bonchev–Trinajstić information content (AvgIpc) is 3.27. The van der Waals surface area contributed by atoms with Gasteiger partial charge in [-0.05, 0) is 47.9 Å². The highest BCUT2D eigenvalue weighted by Gasteiger charge is 2.14. The number of ether oxygens (including phenoxy) is 1. The number of aliphatic carboxylic acids is 1. The minimum atomic E-state index is -0.910. The molecule has 1 aromatic heterocycles. The van der Waals surface area contributed by atoms with Crippen LogP contribution in [0.5, 0.6) is 5.75 Å². The lowest BCUT2D eigenvalue weighted by molar-refractivity contribution is -0.137. The van der Waals surface area contributed by atoms with Crippen LogP contribution in [-0.2, 0) is 9.59 Å². The molecule has 0 radical (unpaired) electrons. The van der Waals surface area contributed by atoms with E-state index in [1.165, 1.54) is 12.1 Å². The minimum Gasteiger partial charge on any atom is -0.495 e. The molecule has 0 aliphatic heterocycles. The molecule has 8 heteroatoms. The molecule has 2 N–H and O–H groups in total. The van der Waals surface area contributed by atoms with Crippen LogP contribution in [-0.4, -0.2) is 41.1 Å². The summed E-state index contributed by atoms with van der Waals surface area (Å²) in [5.41, 5.74) is 7.75. The monoisotopic (exact) mass is 445 g/mol. The maximum Gasteiger partial charge on any atom is 0.303 e. The summed E-state index contributed by atoms with van der Waals surface area (Å²) < 4.78 is 11.4. The molecule has 1 heterocycles. The molecule has 0 bridgehead atoms. The lowest BCUT2D eigenvalue weighted by atomic mass is 10.1. The van der Waals surface area contributed by atoms with Crippen LogP contribution in [0.1, 0.15) is 12.8 Å². The number of fused-ring (bicyclic) bond motifs is 1. The quantitative estimate of drug-likeness (QED) is 0.266. The number of benzene rings is 3. The summed E-state index contributed by atoms with van der Waals surface area (Å²) >= 11 is 0. The van der Waals surface area contributed by atoms with Crippen molar-refractivity contribution >= 4 is 29.2 Å². The largest absolute Gasteiger partial charge is 0.495 e. The standard InChI is InChI=1S/C25H23N3O5/c1-32-22-11-10-19(15-21(22)27-28(16-29)13-5-8-24(30)31)25-26-20-14-18(9-12-23(20)33-25)17-6-3-2-4-7-17/h2-4,6-7,9-12,14-16,27H,5,8,13H2,1H3,(H,30,31). The van der Waals surface area contributed by atoms with E-state index in [-0.39, 0.29) is 13.0 Å². The van der Waals surface area contributed by atoms with Crippen LogP contribution in [0, 0.1) is 0 Å². The summed E-state index contributed by atoms with van der Waals surface area (Å²) in [5, 5.41) is 10.1. The van der Waals surface area contributed by atoms with E-state index in [1.54, 1.807) is 12.1 Å². The third-order valence-corrected chi connectivity index (χ3v) is 5.12. The van der Waals surface area contributed by atoms with Crippen molar-refractivity contribution in [1.29, 1.82) is 0 Å². The van der Waals surface area contributed by atoms with Crippen molar-refractivity contribution in [3.8, 4) is 28.3 Å². The summed E-state index contributed by atoms with van der Waals surface area (Å²) in [6.45, 7) is 0.230. The third kappa shape index (κ3) is 5.12.